The number of carbonyl (C=O) groups excluding carboxylic acids is 1. The Kier molecular flexibility index (Phi) is 3.65. The molecule has 3 rings (SSSR count). The molecule has 5 nitrogen and oxygen atoms in total. The molecule has 1 aromatic carbocycles. The number of benzene rings is 1. The van der Waals surface area contributed by atoms with Gasteiger partial charge in [-0.05, 0) is 30.7 Å². The third-order valence-electron chi connectivity index (χ3n) is 3.61. The fraction of sp³-hybridized carbons (Fsp3) is 0.118. The molecule has 23 heavy (non-hydrogen) atoms. The minimum absolute atomic E-state index is 0.198. The molecule has 2 aromatic heterocycles. The number of halogens is 1. The fourth-order valence-electron chi connectivity index (χ4n) is 2.60. The molecule has 0 saturated heterocycles. The minimum atomic E-state index is -0.598. The number of hydrogen-bond donors (Lipinski definition) is 1. The number of methoxy groups -OCH3 is 1. The number of ether oxygens (including phenoxy) is 1. The molecule has 116 valence electrons. The SMILES string of the molecule is COC(=O)c1c(C)nc2cc[nH]c(=O)c2c1-c1ccc(F)cc1. The van der Waals surface area contributed by atoms with Gasteiger partial charge in [-0.1, -0.05) is 12.1 Å². The van der Waals surface area contributed by atoms with Crippen LogP contribution in [0.5, 0.6) is 0 Å². The first-order valence-corrected chi connectivity index (χ1v) is 6.89. The van der Waals surface area contributed by atoms with E-state index in [0.717, 1.165) is 0 Å². The van der Waals surface area contributed by atoms with Gasteiger partial charge in [0.15, 0.2) is 0 Å². The highest BCUT2D eigenvalue weighted by Gasteiger charge is 2.22. The molecule has 0 spiro atoms. The van der Waals surface area contributed by atoms with E-state index in [1.165, 1.54) is 37.6 Å². The van der Waals surface area contributed by atoms with Crippen molar-refractivity contribution in [1.82, 2.24) is 9.97 Å². The number of aromatic nitrogens is 2. The number of carbonyl (C=O) groups is 1. The minimum Gasteiger partial charge on any atom is -0.465 e. The lowest BCUT2D eigenvalue weighted by atomic mass is 9.95. The van der Waals surface area contributed by atoms with Gasteiger partial charge in [-0.15, -0.1) is 0 Å². The molecule has 0 amide bonds. The van der Waals surface area contributed by atoms with Crippen molar-refractivity contribution in [2.45, 2.75) is 6.92 Å². The largest absolute Gasteiger partial charge is 0.465 e. The van der Waals surface area contributed by atoms with E-state index in [4.69, 9.17) is 4.74 Å². The summed E-state index contributed by atoms with van der Waals surface area (Å²) in [5, 5.41) is 0.269. The molecule has 0 bridgehead atoms. The van der Waals surface area contributed by atoms with Crippen LogP contribution in [0, 0.1) is 12.7 Å². The molecule has 0 aliphatic rings. The Balaban J connectivity index is 2.51. The van der Waals surface area contributed by atoms with Crippen LogP contribution in [0.4, 0.5) is 4.39 Å². The standard InChI is InChI=1S/C17H13FN2O3/c1-9-13(17(22)23-2)14(10-3-5-11(18)6-4-10)15-12(20-9)7-8-19-16(15)21/h3-8H,1-2H3,(H,19,21). The summed E-state index contributed by atoms with van der Waals surface area (Å²) in [7, 11) is 1.26. The third kappa shape index (κ3) is 2.48. The van der Waals surface area contributed by atoms with Gasteiger partial charge in [-0.2, -0.15) is 0 Å². The monoisotopic (exact) mass is 312 g/mol. The lowest BCUT2D eigenvalue weighted by Crippen LogP contribution is -2.14. The zero-order chi connectivity index (χ0) is 16.6. The van der Waals surface area contributed by atoms with E-state index in [0.29, 0.717) is 22.3 Å². The van der Waals surface area contributed by atoms with Crippen LogP contribution in [0.3, 0.4) is 0 Å². The van der Waals surface area contributed by atoms with Crippen molar-refractivity contribution in [2.24, 2.45) is 0 Å². The molecular formula is C17H13FN2O3. The van der Waals surface area contributed by atoms with E-state index < -0.39 is 11.8 Å². The number of esters is 1. The fourth-order valence-corrected chi connectivity index (χ4v) is 2.60. The highest BCUT2D eigenvalue weighted by Crippen LogP contribution is 2.31. The van der Waals surface area contributed by atoms with Gasteiger partial charge in [0.1, 0.15) is 5.82 Å². The Labute approximate surface area is 130 Å². The molecule has 0 fully saturated rings. The highest BCUT2D eigenvalue weighted by molar-refractivity contribution is 6.07. The van der Waals surface area contributed by atoms with Crippen LogP contribution in [-0.2, 0) is 4.74 Å². The second kappa shape index (κ2) is 5.64. The van der Waals surface area contributed by atoms with Crippen LogP contribution in [-0.4, -0.2) is 23.0 Å². The van der Waals surface area contributed by atoms with Gasteiger partial charge in [-0.25, -0.2) is 9.18 Å². The highest BCUT2D eigenvalue weighted by atomic mass is 19.1. The normalized spacial score (nSPS) is 10.7. The summed E-state index contributed by atoms with van der Waals surface area (Å²) in [5.41, 5.74) is 1.65. The Morgan fingerprint density at radius 2 is 1.91 bits per heavy atom. The van der Waals surface area contributed by atoms with Gasteiger partial charge in [-0.3, -0.25) is 9.78 Å². The molecule has 0 aliphatic heterocycles. The van der Waals surface area contributed by atoms with Crippen molar-refractivity contribution in [2.75, 3.05) is 7.11 Å². The summed E-state index contributed by atoms with van der Waals surface area (Å²) in [5.74, 6) is -1.00. The number of pyridine rings is 2. The summed E-state index contributed by atoms with van der Waals surface area (Å²) in [4.78, 5) is 31.4. The number of H-pyrrole nitrogens is 1. The van der Waals surface area contributed by atoms with Crippen LogP contribution < -0.4 is 5.56 Å². The average molecular weight is 312 g/mol. The van der Waals surface area contributed by atoms with Gasteiger partial charge >= 0.3 is 5.97 Å². The van der Waals surface area contributed by atoms with E-state index in [1.807, 2.05) is 0 Å². The summed E-state index contributed by atoms with van der Waals surface area (Å²) in [6.07, 6.45) is 1.49. The molecule has 0 atom stereocenters. The van der Waals surface area contributed by atoms with Gasteiger partial charge in [0.2, 0.25) is 0 Å². The number of hydrogen-bond acceptors (Lipinski definition) is 4. The molecular weight excluding hydrogens is 299 g/mol. The summed E-state index contributed by atoms with van der Waals surface area (Å²) in [6, 6.07) is 7.23. The van der Waals surface area contributed by atoms with Crippen molar-refractivity contribution in [3.63, 3.8) is 0 Å². The van der Waals surface area contributed by atoms with Crippen LogP contribution in [0.2, 0.25) is 0 Å². The van der Waals surface area contributed by atoms with E-state index >= 15 is 0 Å². The summed E-state index contributed by atoms with van der Waals surface area (Å²) in [6.45, 7) is 1.67. The van der Waals surface area contributed by atoms with Gasteiger partial charge in [0.05, 0.1) is 29.3 Å². The smallest absolute Gasteiger partial charge is 0.340 e. The second-order valence-electron chi connectivity index (χ2n) is 5.01. The predicted molar refractivity (Wildman–Crippen MR) is 83.8 cm³/mol. The number of fused-ring (bicyclic) bond motifs is 1. The number of aryl methyl sites for hydroxylation is 1. The number of nitrogens with one attached hydrogen (secondary N) is 1. The van der Waals surface area contributed by atoms with Crippen LogP contribution >= 0.6 is 0 Å². The van der Waals surface area contributed by atoms with E-state index in [2.05, 4.69) is 9.97 Å². The van der Waals surface area contributed by atoms with Gasteiger partial charge < -0.3 is 9.72 Å². The van der Waals surface area contributed by atoms with Crippen molar-refractivity contribution in [1.29, 1.82) is 0 Å². The van der Waals surface area contributed by atoms with E-state index in [-0.39, 0.29) is 16.5 Å². The van der Waals surface area contributed by atoms with Crippen LogP contribution in [0.1, 0.15) is 16.1 Å². The van der Waals surface area contributed by atoms with Gasteiger partial charge in [0.25, 0.3) is 5.56 Å². The molecule has 2 heterocycles. The van der Waals surface area contributed by atoms with E-state index in [9.17, 15) is 14.0 Å². The third-order valence-corrected chi connectivity index (χ3v) is 3.61. The van der Waals surface area contributed by atoms with Crippen molar-refractivity contribution in [3.05, 3.63) is 64.0 Å². The first-order chi connectivity index (χ1) is 11.0. The first kappa shape index (κ1) is 14.9. The Morgan fingerprint density at radius 1 is 1.22 bits per heavy atom. The molecule has 0 radical (unpaired) electrons. The lowest BCUT2D eigenvalue weighted by molar-refractivity contribution is 0.0600. The average Bonchev–Trinajstić information content (AvgIpc) is 2.54. The maximum atomic E-state index is 13.2. The molecule has 3 aromatic rings. The molecule has 6 heteroatoms. The molecule has 0 saturated carbocycles. The Morgan fingerprint density at radius 3 is 2.57 bits per heavy atom. The molecule has 0 unspecified atom stereocenters. The van der Waals surface area contributed by atoms with Crippen LogP contribution in [0.25, 0.3) is 22.0 Å². The van der Waals surface area contributed by atoms with Crippen molar-refractivity contribution < 1.29 is 13.9 Å². The quantitative estimate of drug-likeness (QED) is 0.739. The maximum Gasteiger partial charge on any atom is 0.340 e. The van der Waals surface area contributed by atoms with Crippen LogP contribution in [0.15, 0.2) is 41.3 Å². The van der Waals surface area contributed by atoms with E-state index in [1.54, 1.807) is 13.0 Å². The Bertz CT molecular complexity index is 962. The summed E-state index contributed by atoms with van der Waals surface area (Å²) >= 11 is 0. The lowest BCUT2D eigenvalue weighted by Gasteiger charge is -2.13. The summed E-state index contributed by atoms with van der Waals surface area (Å²) < 4.78 is 18.1. The predicted octanol–water partition coefficient (Wildman–Crippen LogP) is 2.82. The van der Waals surface area contributed by atoms with Crippen molar-refractivity contribution >= 4 is 16.9 Å². The number of aromatic amines is 1. The number of rotatable bonds is 2. The molecule has 0 aliphatic carbocycles. The zero-order valence-corrected chi connectivity index (χ0v) is 12.5. The first-order valence-electron chi connectivity index (χ1n) is 6.89. The zero-order valence-electron chi connectivity index (χ0n) is 12.5. The van der Waals surface area contributed by atoms with Gasteiger partial charge in [0, 0.05) is 11.8 Å². The van der Waals surface area contributed by atoms with Crippen molar-refractivity contribution in [3.8, 4) is 11.1 Å². The Hall–Kier alpha value is -3.02. The maximum absolute atomic E-state index is 13.2. The topological polar surface area (TPSA) is 72.0 Å². The second-order valence-corrected chi connectivity index (χ2v) is 5.01. The number of nitrogens with zero attached hydrogens (tertiary/aromatic N) is 1. The molecule has 1 N–H and O–H groups in total.